The third-order valence-corrected chi connectivity index (χ3v) is 2.33. The van der Waals surface area contributed by atoms with Crippen molar-refractivity contribution in [3.05, 3.63) is 0 Å². The van der Waals surface area contributed by atoms with E-state index in [4.69, 9.17) is 0 Å². The first kappa shape index (κ1) is 11.1. The van der Waals surface area contributed by atoms with Gasteiger partial charge in [0, 0.05) is 0 Å². The summed E-state index contributed by atoms with van der Waals surface area (Å²) in [4.78, 5) is 22.6. The molecule has 14 heavy (non-hydrogen) atoms. The lowest BCUT2D eigenvalue weighted by Gasteiger charge is -2.11. The molecule has 1 aliphatic rings. The maximum absolute atomic E-state index is 11.3. The molecule has 1 rings (SSSR count). The second-order valence-corrected chi connectivity index (χ2v) is 3.40. The molecule has 5 nitrogen and oxygen atoms in total. The topological polar surface area (TPSA) is 67.4 Å². The largest absolute Gasteiger partial charge is 0.391 e. The second-order valence-electron chi connectivity index (χ2n) is 3.40. The molecule has 0 aromatic rings. The van der Waals surface area contributed by atoms with E-state index in [2.05, 4.69) is 15.4 Å². The molecule has 2 N–H and O–H groups in total. The Hall–Kier alpha value is -0.940. The van der Waals surface area contributed by atoms with Gasteiger partial charge in [0.15, 0.2) is 0 Å². The highest BCUT2D eigenvalue weighted by Gasteiger charge is 2.26. The van der Waals surface area contributed by atoms with Crippen LogP contribution in [0, 0.1) is 0 Å². The van der Waals surface area contributed by atoms with Gasteiger partial charge in [0.2, 0.25) is 0 Å². The Kier molecular flexibility index (Phi) is 4.03. The van der Waals surface area contributed by atoms with E-state index < -0.39 is 18.0 Å². The fourth-order valence-electron chi connectivity index (χ4n) is 1.26. The Labute approximate surface area is 83.2 Å². The van der Waals surface area contributed by atoms with Crippen molar-refractivity contribution in [2.45, 2.75) is 31.8 Å². The van der Waals surface area contributed by atoms with E-state index in [1.165, 1.54) is 0 Å². The molecule has 0 unspecified atom stereocenters. The summed E-state index contributed by atoms with van der Waals surface area (Å²) in [5.74, 6) is -0.985. The molecular formula is C9H16N2O3. The first-order valence-electron chi connectivity index (χ1n) is 4.81. The van der Waals surface area contributed by atoms with Gasteiger partial charge in [0.05, 0.1) is 0 Å². The fraction of sp³-hybridized carbons (Fsp3) is 0.778. The van der Waals surface area contributed by atoms with Crippen LogP contribution >= 0.6 is 0 Å². The fourth-order valence-corrected chi connectivity index (χ4v) is 1.26. The van der Waals surface area contributed by atoms with Crippen molar-refractivity contribution in [3.8, 4) is 0 Å². The van der Waals surface area contributed by atoms with Crippen molar-refractivity contribution in [2.75, 3.05) is 13.6 Å². The first-order chi connectivity index (χ1) is 6.65. The number of hydrogen-bond acceptors (Lipinski definition) is 5. The molecule has 1 saturated heterocycles. The van der Waals surface area contributed by atoms with Gasteiger partial charge in [-0.1, -0.05) is 0 Å². The van der Waals surface area contributed by atoms with Crippen LogP contribution in [0.3, 0.4) is 0 Å². The Bertz CT molecular complexity index is 224. The van der Waals surface area contributed by atoms with Crippen LogP contribution < -0.4 is 10.6 Å². The minimum absolute atomic E-state index is 0.303. The standard InChI is InChI=1S/C9H16N2O3/c1-6(10-2)8(12)14-9(13)7-4-3-5-11-7/h6-7,10-11H,3-5H2,1-2H3/t6-,7-/m0/s1. The summed E-state index contributed by atoms with van der Waals surface area (Å²) in [5.41, 5.74) is 0. The van der Waals surface area contributed by atoms with Gasteiger partial charge in [-0.15, -0.1) is 0 Å². The highest BCUT2D eigenvalue weighted by atomic mass is 16.6. The molecule has 5 heteroatoms. The molecule has 1 heterocycles. The van der Waals surface area contributed by atoms with E-state index in [1.54, 1.807) is 14.0 Å². The Morgan fingerprint density at radius 2 is 2.29 bits per heavy atom. The Balaban J connectivity index is 2.35. The zero-order valence-electron chi connectivity index (χ0n) is 8.50. The lowest BCUT2D eigenvalue weighted by Crippen LogP contribution is -2.39. The second kappa shape index (κ2) is 5.07. The van der Waals surface area contributed by atoms with E-state index in [9.17, 15) is 9.59 Å². The lowest BCUT2D eigenvalue weighted by atomic mass is 10.2. The van der Waals surface area contributed by atoms with Gasteiger partial charge in [0.25, 0.3) is 0 Å². The quantitative estimate of drug-likeness (QED) is 0.471. The summed E-state index contributed by atoms with van der Waals surface area (Å²) < 4.78 is 4.68. The Morgan fingerprint density at radius 3 is 2.79 bits per heavy atom. The molecule has 0 amide bonds. The van der Waals surface area contributed by atoms with E-state index in [0.717, 1.165) is 19.4 Å². The van der Waals surface area contributed by atoms with Crippen LogP contribution in [0.25, 0.3) is 0 Å². The predicted octanol–water partition coefficient (Wildman–Crippen LogP) is -0.584. The van der Waals surface area contributed by atoms with Crippen molar-refractivity contribution in [3.63, 3.8) is 0 Å². The summed E-state index contributed by atoms with van der Waals surface area (Å²) in [6.07, 6.45) is 1.70. The molecule has 0 aliphatic carbocycles. The zero-order chi connectivity index (χ0) is 10.6. The smallest absolute Gasteiger partial charge is 0.330 e. The van der Waals surface area contributed by atoms with Gasteiger partial charge < -0.3 is 15.4 Å². The molecule has 0 spiro atoms. The van der Waals surface area contributed by atoms with Gasteiger partial charge >= 0.3 is 11.9 Å². The molecule has 0 radical (unpaired) electrons. The molecule has 0 bridgehead atoms. The van der Waals surface area contributed by atoms with Crippen molar-refractivity contribution in [1.29, 1.82) is 0 Å². The maximum atomic E-state index is 11.3. The van der Waals surface area contributed by atoms with Gasteiger partial charge in [0.1, 0.15) is 12.1 Å². The van der Waals surface area contributed by atoms with E-state index in [0.29, 0.717) is 0 Å². The van der Waals surface area contributed by atoms with E-state index in [-0.39, 0.29) is 6.04 Å². The molecule has 0 saturated carbocycles. The van der Waals surface area contributed by atoms with Gasteiger partial charge in [-0.2, -0.15) is 0 Å². The van der Waals surface area contributed by atoms with Gasteiger partial charge in [-0.25, -0.2) is 9.59 Å². The lowest BCUT2D eigenvalue weighted by molar-refractivity contribution is -0.162. The molecular weight excluding hydrogens is 184 g/mol. The number of hydrogen-bond donors (Lipinski definition) is 2. The summed E-state index contributed by atoms with van der Waals surface area (Å²) in [6, 6.07) is -0.747. The van der Waals surface area contributed by atoms with Crippen LogP contribution in [0.2, 0.25) is 0 Å². The van der Waals surface area contributed by atoms with Crippen molar-refractivity contribution in [2.24, 2.45) is 0 Å². The van der Waals surface area contributed by atoms with Crippen molar-refractivity contribution in [1.82, 2.24) is 10.6 Å². The minimum Gasteiger partial charge on any atom is -0.391 e. The number of ether oxygens (including phenoxy) is 1. The molecule has 0 aromatic carbocycles. The van der Waals surface area contributed by atoms with Gasteiger partial charge in [-0.3, -0.25) is 0 Å². The zero-order valence-corrected chi connectivity index (χ0v) is 8.50. The van der Waals surface area contributed by atoms with Gasteiger partial charge in [-0.05, 0) is 33.4 Å². The third-order valence-electron chi connectivity index (χ3n) is 2.33. The molecule has 2 atom stereocenters. The van der Waals surface area contributed by atoms with E-state index >= 15 is 0 Å². The highest BCUT2D eigenvalue weighted by molar-refractivity contribution is 5.90. The van der Waals surface area contributed by atoms with Crippen LogP contribution in [0.4, 0.5) is 0 Å². The highest BCUT2D eigenvalue weighted by Crippen LogP contribution is 2.06. The number of likely N-dealkylation sites (N-methyl/N-ethyl adjacent to an activating group) is 1. The first-order valence-corrected chi connectivity index (χ1v) is 4.81. The van der Waals surface area contributed by atoms with Crippen LogP contribution in [0.5, 0.6) is 0 Å². The Morgan fingerprint density at radius 1 is 1.57 bits per heavy atom. The van der Waals surface area contributed by atoms with E-state index in [1.807, 2.05) is 0 Å². The molecule has 0 aromatic heterocycles. The normalized spacial score (nSPS) is 23.1. The summed E-state index contributed by atoms with van der Waals surface area (Å²) >= 11 is 0. The monoisotopic (exact) mass is 200 g/mol. The average molecular weight is 200 g/mol. The minimum atomic E-state index is -0.522. The average Bonchev–Trinajstić information content (AvgIpc) is 2.69. The van der Waals surface area contributed by atoms with Crippen LogP contribution in [0.15, 0.2) is 0 Å². The van der Waals surface area contributed by atoms with Crippen molar-refractivity contribution >= 4 is 11.9 Å². The predicted molar refractivity (Wildman–Crippen MR) is 50.6 cm³/mol. The SMILES string of the molecule is CN[C@@H](C)C(=O)OC(=O)[C@@H]1CCCN1. The third kappa shape index (κ3) is 2.78. The summed E-state index contributed by atoms with van der Waals surface area (Å²) in [7, 11) is 1.64. The van der Waals surface area contributed by atoms with Crippen LogP contribution in [-0.2, 0) is 14.3 Å². The van der Waals surface area contributed by atoms with Crippen molar-refractivity contribution < 1.29 is 14.3 Å². The summed E-state index contributed by atoms with van der Waals surface area (Å²) in [5, 5.41) is 5.68. The number of carbonyl (C=O) groups is 2. The number of esters is 2. The van der Waals surface area contributed by atoms with Crippen LogP contribution in [-0.4, -0.2) is 37.6 Å². The molecule has 80 valence electrons. The number of carbonyl (C=O) groups excluding carboxylic acids is 2. The number of rotatable bonds is 3. The van der Waals surface area contributed by atoms with Crippen LogP contribution in [0.1, 0.15) is 19.8 Å². The maximum Gasteiger partial charge on any atom is 0.330 e. The molecule has 1 fully saturated rings. The molecule has 1 aliphatic heterocycles. The summed E-state index contributed by atoms with van der Waals surface area (Å²) in [6.45, 7) is 2.47. The number of nitrogens with one attached hydrogen (secondary N) is 2.